The van der Waals surface area contributed by atoms with Crippen LogP contribution >= 0.6 is 0 Å². The Kier molecular flexibility index (Phi) is 2.79. The van der Waals surface area contributed by atoms with Gasteiger partial charge in [0.2, 0.25) is 0 Å². The van der Waals surface area contributed by atoms with Crippen LogP contribution in [0.2, 0.25) is 0 Å². The predicted octanol–water partition coefficient (Wildman–Crippen LogP) is 0.337. The number of hydrogen-bond donors (Lipinski definition) is 1. The lowest BCUT2D eigenvalue weighted by Crippen LogP contribution is -2.23. The largest absolute Gasteiger partial charge is 0.390 e. The Morgan fingerprint density at radius 3 is 2.69 bits per heavy atom. The molecule has 0 aromatic carbocycles. The molecule has 0 aliphatic carbocycles. The van der Waals surface area contributed by atoms with Gasteiger partial charge in [0.05, 0.1) is 23.7 Å². The molecule has 2 heterocycles. The minimum Gasteiger partial charge on any atom is -0.390 e. The highest BCUT2D eigenvalue weighted by atomic mass is 32.2. The van der Waals surface area contributed by atoms with Crippen LogP contribution in [0.4, 0.5) is 0 Å². The van der Waals surface area contributed by atoms with Gasteiger partial charge in [-0.05, 0) is 0 Å². The van der Waals surface area contributed by atoms with E-state index in [0.29, 0.717) is 0 Å². The molecule has 5 nitrogen and oxygen atoms in total. The van der Waals surface area contributed by atoms with E-state index in [1.807, 2.05) is 13.8 Å². The molecule has 1 fully saturated rings. The maximum absolute atomic E-state index is 11.4. The van der Waals surface area contributed by atoms with Crippen molar-refractivity contribution < 1.29 is 13.5 Å². The van der Waals surface area contributed by atoms with E-state index in [1.54, 1.807) is 17.0 Å². The van der Waals surface area contributed by atoms with E-state index >= 15 is 0 Å². The Balaban J connectivity index is 2.35. The van der Waals surface area contributed by atoms with Crippen molar-refractivity contribution in [2.75, 3.05) is 11.5 Å². The van der Waals surface area contributed by atoms with E-state index in [-0.39, 0.29) is 23.5 Å². The van der Waals surface area contributed by atoms with E-state index in [4.69, 9.17) is 0 Å². The Morgan fingerprint density at radius 2 is 2.19 bits per heavy atom. The van der Waals surface area contributed by atoms with Gasteiger partial charge in [-0.25, -0.2) is 13.4 Å². The third-order valence-electron chi connectivity index (χ3n) is 2.87. The number of nitrogens with zero attached hydrogens (tertiary/aromatic N) is 2. The third-order valence-corrected chi connectivity index (χ3v) is 4.56. The summed E-state index contributed by atoms with van der Waals surface area (Å²) >= 11 is 0. The zero-order chi connectivity index (χ0) is 11.9. The van der Waals surface area contributed by atoms with Crippen molar-refractivity contribution in [2.24, 2.45) is 0 Å². The molecule has 0 saturated carbocycles. The van der Waals surface area contributed by atoms with Crippen LogP contribution in [0.1, 0.15) is 31.6 Å². The normalized spacial score (nSPS) is 28.8. The molecule has 90 valence electrons. The molecule has 0 amide bonds. The lowest BCUT2D eigenvalue weighted by atomic mass is 10.1. The summed E-state index contributed by atoms with van der Waals surface area (Å²) in [6, 6.07) is -0.384. The number of aliphatic hydroxyl groups excluding tert-OH is 1. The van der Waals surface area contributed by atoms with Crippen LogP contribution in [0.3, 0.4) is 0 Å². The van der Waals surface area contributed by atoms with E-state index in [0.717, 1.165) is 5.82 Å². The van der Waals surface area contributed by atoms with Crippen molar-refractivity contribution in [1.29, 1.82) is 0 Å². The molecule has 1 unspecified atom stereocenters. The number of sulfone groups is 1. The average Bonchev–Trinajstić information content (AvgIpc) is 2.69. The second kappa shape index (κ2) is 3.85. The second-order valence-electron chi connectivity index (χ2n) is 4.56. The van der Waals surface area contributed by atoms with Crippen LogP contribution in [-0.2, 0) is 9.84 Å². The third kappa shape index (κ3) is 1.99. The summed E-state index contributed by atoms with van der Waals surface area (Å²) in [6.07, 6.45) is 2.56. The number of rotatable bonds is 2. The highest BCUT2D eigenvalue weighted by Crippen LogP contribution is 2.27. The zero-order valence-corrected chi connectivity index (χ0v) is 10.2. The molecular weight excluding hydrogens is 228 g/mol. The van der Waals surface area contributed by atoms with Crippen LogP contribution in [0.15, 0.2) is 12.4 Å². The molecule has 1 aromatic heterocycles. The minimum atomic E-state index is -3.11. The second-order valence-corrected chi connectivity index (χ2v) is 6.71. The van der Waals surface area contributed by atoms with Gasteiger partial charge >= 0.3 is 0 Å². The van der Waals surface area contributed by atoms with E-state index in [2.05, 4.69) is 4.98 Å². The maximum Gasteiger partial charge on any atom is 0.155 e. The first-order valence-corrected chi connectivity index (χ1v) is 7.14. The molecule has 1 N–H and O–H groups in total. The van der Waals surface area contributed by atoms with Crippen molar-refractivity contribution in [3.8, 4) is 0 Å². The Bertz CT molecular complexity index is 478. The quantitative estimate of drug-likeness (QED) is 0.814. The van der Waals surface area contributed by atoms with E-state index in [9.17, 15) is 13.5 Å². The molecule has 1 aromatic rings. The molecular formula is C10H16N2O3S. The first-order chi connectivity index (χ1) is 7.41. The first kappa shape index (κ1) is 11.6. The predicted molar refractivity (Wildman–Crippen MR) is 60.0 cm³/mol. The Hall–Kier alpha value is -0.880. The highest BCUT2D eigenvalue weighted by Gasteiger charge is 2.38. The smallest absolute Gasteiger partial charge is 0.155 e. The Labute approximate surface area is 95.0 Å². The minimum absolute atomic E-state index is 0.00421. The van der Waals surface area contributed by atoms with Crippen molar-refractivity contribution in [3.63, 3.8) is 0 Å². The van der Waals surface area contributed by atoms with Crippen molar-refractivity contribution >= 4 is 9.84 Å². The summed E-state index contributed by atoms with van der Waals surface area (Å²) in [5.74, 6) is 0.893. The van der Waals surface area contributed by atoms with Crippen LogP contribution < -0.4 is 0 Å². The van der Waals surface area contributed by atoms with Gasteiger partial charge in [0, 0.05) is 18.3 Å². The molecule has 1 aliphatic heterocycles. The number of aliphatic hydroxyl groups is 1. The van der Waals surface area contributed by atoms with Gasteiger partial charge in [0.15, 0.2) is 9.84 Å². The lowest BCUT2D eigenvalue weighted by molar-refractivity contribution is 0.151. The summed E-state index contributed by atoms with van der Waals surface area (Å²) in [6.45, 7) is 3.99. The molecule has 1 aliphatic rings. The molecule has 2 rings (SSSR count). The summed E-state index contributed by atoms with van der Waals surface area (Å²) in [5.41, 5.74) is 0. The average molecular weight is 244 g/mol. The van der Waals surface area contributed by atoms with Crippen molar-refractivity contribution in [1.82, 2.24) is 9.55 Å². The van der Waals surface area contributed by atoms with Gasteiger partial charge in [-0.1, -0.05) is 13.8 Å². The van der Waals surface area contributed by atoms with E-state index < -0.39 is 15.9 Å². The van der Waals surface area contributed by atoms with Gasteiger partial charge in [-0.2, -0.15) is 0 Å². The highest BCUT2D eigenvalue weighted by molar-refractivity contribution is 7.91. The zero-order valence-electron chi connectivity index (χ0n) is 9.37. The van der Waals surface area contributed by atoms with Crippen LogP contribution in [0.5, 0.6) is 0 Å². The van der Waals surface area contributed by atoms with Crippen LogP contribution in [-0.4, -0.2) is 40.7 Å². The Morgan fingerprint density at radius 1 is 1.50 bits per heavy atom. The van der Waals surface area contributed by atoms with Gasteiger partial charge in [-0.3, -0.25) is 0 Å². The first-order valence-electron chi connectivity index (χ1n) is 5.32. The molecule has 16 heavy (non-hydrogen) atoms. The maximum atomic E-state index is 11.4. The SMILES string of the molecule is CC(C)c1nccn1C1CS(=O)(=O)C[C@H]1O. The molecule has 0 radical (unpaired) electrons. The number of aromatic nitrogens is 2. The summed E-state index contributed by atoms with van der Waals surface area (Å²) in [7, 11) is -3.11. The molecule has 0 bridgehead atoms. The van der Waals surface area contributed by atoms with Crippen molar-refractivity contribution in [3.05, 3.63) is 18.2 Å². The molecule has 0 spiro atoms. The fraction of sp³-hybridized carbons (Fsp3) is 0.700. The fourth-order valence-corrected chi connectivity index (χ4v) is 3.91. The number of hydrogen-bond acceptors (Lipinski definition) is 4. The lowest BCUT2D eigenvalue weighted by Gasteiger charge is -2.18. The number of imidazole rings is 1. The summed E-state index contributed by atoms with van der Waals surface area (Å²) < 4.78 is 24.7. The van der Waals surface area contributed by atoms with E-state index in [1.165, 1.54) is 0 Å². The van der Waals surface area contributed by atoms with Crippen LogP contribution in [0.25, 0.3) is 0 Å². The molecule has 2 atom stereocenters. The van der Waals surface area contributed by atoms with Crippen LogP contribution in [0, 0.1) is 0 Å². The monoisotopic (exact) mass is 244 g/mol. The summed E-state index contributed by atoms with van der Waals surface area (Å²) in [4.78, 5) is 4.20. The topological polar surface area (TPSA) is 72.2 Å². The fourth-order valence-electron chi connectivity index (χ4n) is 2.13. The molecule has 1 saturated heterocycles. The summed E-state index contributed by atoms with van der Waals surface area (Å²) in [5, 5.41) is 9.77. The standard InChI is InChI=1S/C10H16N2O3S/c1-7(2)10-11-3-4-12(10)8-5-16(14,15)6-9(8)13/h3-4,7-9,13H,5-6H2,1-2H3/t8?,9-/m1/s1. The van der Waals surface area contributed by atoms with Crippen molar-refractivity contribution in [2.45, 2.75) is 31.9 Å². The molecule has 6 heteroatoms. The van der Waals surface area contributed by atoms with Gasteiger partial charge in [0.25, 0.3) is 0 Å². The van der Waals surface area contributed by atoms with Gasteiger partial charge < -0.3 is 9.67 Å². The van der Waals surface area contributed by atoms with Gasteiger partial charge in [0.1, 0.15) is 5.82 Å². The van der Waals surface area contributed by atoms with Gasteiger partial charge in [-0.15, -0.1) is 0 Å².